The predicted octanol–water partition coefficient (Wildman–Crippen LogP) is 0.998. The highest BCUT2D eigenvalue weighted by Crippen LogP contribution is 2.17. The van der Waals surface area contributed by atoms with E-state index in [1.165, 1.54) is 6.33 Å². The van der Waals surface area contributed by atoms with Crippen molar-refractivity contribution >= 4 is 11.2 Å². The molecule has 1 N–H and O–H groups in total. The highest BCUT2D eigenvalue weighted by atomic mass is 16.3. The number of fused-ring (bicyclic) bond motifs is 1. The third-order valence-electron chi connectivity index (χ3n) is 2.69. The van der Waals surface area contributed by atoms with Gasteiger partial charge in [0.1, 0.15) is 6.33 Å². The summed E-state index contributed by atoms with van der Waals surface area (Å²) in [5, 5.41) is 9.44. The van der Waals surface area contributed by atoms with E-state index in [1.807, 2.05) is 33.7 Å². The highest BCUT2D eigenvalue weighted by molar-refractivity contribution is 5.78. The maximum atomic E-state index is 9.44. The number of aliphatic hydroxyl groups excluding tert-OH is 1. The van der Waals surface area contributed by atoms with Gasteiger partial charge in [-0.25, -0.2) is 15.0 Å². The van der Waals surface area contributed by atoms with Crippen LogP contribution in [0.5, 0.6) is 0 Å². The molecule has 0 bridgehead atoms. The minimum Gasteiger partial charge on any atom is -0.392 e. The van der Waals surface area contributed by atoms with Gasteiger partial charge in [0, 0.05) is 12.4 Å². The number of imidazole rings is 1. The van der Waals surface area contributed by atoms with E-state index < -0.39 is 6.10 Å². The first-order chi connectivity index (χ1) is 8.75. The van der Waals surface area contributed by atoms with Gasteiger partial charge in [-0.15, -0.1) is 0 Å². The van der Waals surface area contributed by atoms with E-state index >= 15 is 0 Å². The van der Waals surface area contributed by atoms with E-state index in [4.69, 9.17) is 0 Å². The van der Waals surface area contributed by atoms with Crippen LogP contribution in [0.3, 0.4) is 0 Å². The van der Waals surface area contributed by atoms with Crippen molar-refractivity contribution in [1.29, 1.82) is 0 Å². The SMILES string of the molecule is CC(O)Cn1cnc2c(-n3cccc3)ncnc21. The second kappa shape index (κ2) is 4.23. The van der Waals surface area contributed by atoms with E-state index in [0.717, 1.165) is 17.0 Å². The first-order valence-corrected chi connectivity index (χ1v) is 5.73. The Morgan fingerprint density at radius 3 is 2.72 bits per heavy atom. The summed E-state index contributed by atoms with van der Waals surface area (Å²) < 4.78 is 3.72. The minimum absolute atomic E-state index is 0.438. The number of aliphatic hydroxyl groups is 1. The van der Waals surface area contributed by atoms with Crippen molar-refractivity contribution in [3.8, 4) is 5.82 Å². The largest absolute Gasteiger partial charge is 0.392 e. The molecule has 6 nitrogen and oxygen atoms in total. The summed E-state index contributed by atoms with van der Waals surface area (Å²) >= 11 is 0. The zero-order chi connectivity index (χ0) is 12.5. The van der Waals surface area contributed by atoms with Gasteiger partial charge in [0.05, 0.1) is 19.0 Å². The Kier molecular flexibility index (Phi) is 2.56. The van der Waals surface area contributed by atoms with E-state index in [1.54, 1.807) is 13.3 Å². The van der Waals surface area contributed by atoms with Crippen molar-refractivity contribution in [2.45, 2.75) is 19.6 Å². The Morgan fingerprint density at radius 1 is 1.22 bits per heavy atom. The van der Waals surface area contributed by atoms with E-state index in [2.05, 4.69) is 15.0 Å². The van der Waals surface area contributed by atoms with Crippen LogP contribution in [0.4, 0.5) is 0 Å². The van der Waals surface area contributed by atoms with Crippen LogP contribution < -0.4 is 0 Å². The maximum absolute atomic E-state index is 9.44. The molecule has 3 aromatic heterocycles. The van der Waals surface area contributed by atoms with E-state index in [0.29, 0.717) is 6.54 Å². The second-order valence-corrected chi connectivity index (χ2v) is 4.21. The van der Waals surface area contributed by atoms with Crippen molar-refractivity contribution in [3.63, 3.8) is 0 Å². The van der Waals surface area contributed by atoms with Crippen LogP contribution in [-0.4, -0.2) is 35.3 Å². The van der Waals surface area contributed by atoms with Gasteiger partial charge in [-0.1, -0.05) is 0 Å². The van der Waals surface area contributed by atoms with Gasteiger partial charge in [-0.3, -0.25) is 0 Å². The summed E-state index contributed by atoms with van der Waals surface area (Å²) in [6.45, 7) is 2.21. The summed E-state index contributed by atoms with van der Waals surface area (Å²) in [7, 11) is 0. The molecule has 0 aliphatic carbocycles. The number of rotatable bonds is 3. The zero-order valence-corrected chi connectivity index (χ0v) is 9.93. The van der Waals surface area contributed by atoms with Crippen LogP contribution in [0.25, 0.3) is 17.0 Å². The molecule has 3 aromatic rings. The molecule has 0 aliphatic rings. The molecule has 1 unspecified atom stereocenters. The summed E-state index contributed by atoms with van der Waals surface area (Å²) in [4.78, 5) is 12.8. The molecule has 1 atom stereocenters. The van der Waals surface area contributed by atoms with E-state index in [9.17, 15) is 5.11 Å². The van der Waals surface area contributed by atoms with Crippen LogP contribution in [0.15, 0.2) is 37.2 Å². The molecule has 6 heteroatoms. The molecule has 0 spiro atoms. The van der Waals surface area contributed by atoms with Gasteiger partial charge >= 0.3 is 0 Å². The Bertz CT molecular complexity index is 656. The van der Waals surface area contributed by atoms with Crippen LogP contribution in [0, 0.1) is 0 Å². The summed E-state index contributed by atoms with van der Waals surface area (Å²) in [5.41, 5.74) is 1.46. The fourth-order valence-corrected chi connectivity index (χ4v) is 1.95. The lowest BCUT2D eigenvalue weighted by Crippen LogP contribution is -2.11. The van der Waals surface area contributed by atoms with Gasteiger partial charge in [-0.05, 0) is 19.1 Å². The first-order valence-electron chi connectivity index (χ1n) is 5.73. The van der Waals surface area contributed by atoms with E-state index in [-0.39, 0.29) is 0 Å². The third kappa shape index (κ3) is 1.76. The zero-order valence-electron chi connectivity index (χ0n) is 9.93. The molecule has 0 aliphatic heterocycles. The highest BCUT2D eigenvalue weighted by Gasteiger charge is 2.11. The van der Waals surface area contributed by atoms with Gasteiger partial charge in [0.25, 0.3) is 0 Å². The van der Waals surface area contributed by atoms with Gasteiger partial charge in [-0.2, -0.15) is 0 Å². The fourth-order valence-electron chi connectivity index (χ4n) is 1.95. The summed E-state index contributed by atoms with van der Waals surface area (Å²) in [6.07, 6.45) is 6.58. The summed E-state index contributed by atoms with van der Waals surface area (Å²) in [5.74, 6) is 0.745. The number of hydrogen-bond acceptors (Lipinski definition) is 4. The molecule has 18 heavy (non-hydrogen) atoms. The molecule has 3 heterocycles. The van der Waals surface area contributed by atoms with Crippen LogP contribution in [0.1, 0.15) is 6.92 Å². The second-order valence-electron chi connectivity index (χ2n) is 4.21. The smallest absolute Gasteiger partial charge is 0.168 e. The lowest BCUT2D eigenvalue weighted by atomic mass is 10.4. The third-order valence-corrected chi connectivity index (χ3v) is 2.69. The minimum atomic E-state index is -0.438. The van der Waals surface area contributed by atoms with Crippen molar-refractivity contribution < 1.29 is 5.11 Å². The molecular weight excluding hydrogens is 230 g/mol. The van der Waals surface area contributed by atoms with Gasteiger partial charge < -0.3 is 14.2 Å². The normalized spacial score (nSPS) is 13.0. The number of nitrogens with zero attached hydrogens (tertiary/aromatic N) is 5. The van der Waals surface area contributed by atoms with Crippen molar-refractivity contribution in [1.82, 2.24) is 24.1 Å². The first kappa shape index (κ1) is 10.9. The molecule has 0 amide bonds. The van der Waals surface area contributed by atoms with Crippen LogP contribution in [-0.2, 0) is 6.54 Å². The average Bonchev–Trinajstić information content (AvgIpc) is 2.98. The number of aromatic nitrogens is 5. The Morgan fingerprint density at radius 2 is 2.00 bits per heavy atom. The molecule has 92 valence electrons. The monoisotopic (exact) mass is 243 g/mol. The molecule has 0 fully saturated rings. The molecule has 3 rings (SSSR count). The Balaban J connectivity index is 2.15. The quantitative estimate of drug-likeness (QED) is 0.745. The fraction of sp³-hybridized carbons (Fsp3) is 0.250. The van der Waals surface area contributed by atoms with Gasteiger partial charge in [0.2, 0.25) is 0 Å². The van der Waals surface area contributed by atoms with Crippen LogP contribution in [0.2, 0.25) is 0 Å². The Hall–Kier alpha value is -2.21. The topological polar surface area (TPSA) is 68.8 Å². The van der Waals surface area contributed by atoms with Gasteiger partial charge in [0.15, 0.2) is 17.0 Å². The standard InChI is InChI=1S/C12H13N5O/c1-9(18)6-17-8-15-10-11(13-7-14-12(10)17)16-4-2-3-5-16/h2-5,7-9,18H,6H2,1H3. The molecule has 0 saturated heterocycles. The number of hydrogen-bond donors (Lipinski definition) is 1. The predicted molar refractivity (Wildman–Crippen MR) is 66.3 cm³/mol. The van der Waals surface area contributed by atoms with Crippen LogP contribution >= 0.6 is 0 Å². The average molecular weight is 243 g/mol. The lowest BCUT2D eigenvalue weighted by molar-refractivity contribution is 0.175. The molecule has 0 saturated carbocycles. The molecule has 0 aromatic carbocycles. The van der Waals surface area contributed by atoms with Crippen molar-refractivity contribution in [3.05, 3.63) is 37.2 Å². The summed E-state index contributed by atoms with van der Waals surface area (Å²) in [6, 6.07) is 3.86. The maximum Gasteiger partial charge on any atom is 0.168 e. The molecular formula is C12H13N5O. The molecule has 0 radical (unpaired) electrons. The lowest BCUT2D eigenvalue weighted by Gasteiger charge is -2.06. The van der Waals surface area contributed by atoms with Crippen molar-refractivity contribution in [2.24, 2.45) is 0 Å². The van der Waals surface area contributed by atoms with Crippen molar-refractivity contribution in [2.75, 3.05) is 0 Å². The Labute approximate surface area is 104 Å².